The van der Waals surface area contributed by atoms with Crippen LogP contribution in [0.3, 0.4) is 0 Å². The Kier molecular flexibility index (Phi) is 9.31. The summed E-state index contributed by atoms with van der Waals surface area (Å²) >= 11 is 0. The summed E-state index contributed by atoms with van der Waals surface area (Å²) in [6.45, 7) is -0.633. The second-order valence-corrected chi connectivity index (χ2v) is 11.6. The third-order valence-corrected chi connectivity index (χ3v) is 8.42. The first-order chi connectivity index (χ1) is 18.4. The van der Waals surface area contributed by atoms with Gasteiger partial charge in [-0.15, -0.1) is 0 Å². The standard InChI is InChI=1S/C23H23N5O9S2/c29-22(25-31)13-14-27(16-17-9-11-19(12-10-17)28(32)33)39(36,37)21-8-4-5-18(15-21)24-23(30)26-38(34,35)20-6-2-1-3-7-20/h1-12,15,31H,13-14,16H2,(H,25,29)(H2,24,26,30). The summed E-state index contributed by atoms with van der Waals surface area (Å²) in [5.41, 5.74) is 1.56. The van der Waals surface area contributed by atoms with Crippen molar-refractivity contribution in [2.24, 2.45) is 0 Å². The first kappa shape index (κ1) is 29.2. The molecule has 0 atom stereocenters. The number of nitro benzene ring substituents is 1. The molecule has 16 heteroatoms. The van der Waals surface area contributed by atoms with Gasteiger partial charge in [0.25, 0.3) is 15.7 Å². The topological polar surface area (TPSA) is 205 Å². The van der Waals surface area contributed by atoms with E-state index < -0.39 is 43.3 Å². The summed E-state index contributed by atoms with van der Waals surface area (Å²) in [6.07, 6.45) is -0.402. The highest BCUT2D eigenvalue weighted by atomic mass is 32.2. The van der Waals surface area contributed by atoms with Crippen LogP contribution in [0.5, 0.6) is 0 Å². The van der Waals surface area contributed by atoms with Crippen LogP contribution in [0.4, 0.5) is 16.2 Å². The number of nitro groups is 1. The molecule has 4 N–H and O–H groups in total. The highest BCUT2D eigenvalue weighted by Crippen LogP contribution is 2.23. The fourth-order valence-electron chi connectivity index (χ4n) is 3.31. The van der Waals surface area contributed by atoms with Crippen molar-refractivity contribution < 1.29 is 36.6 Å². The number of non-ortho nitro benzene ring substituents is 1. The van der Waals surface area contributed by atoms with Gasteiger partial charge < -0.3 is 5.32 Å². The first-order valence-corrected chi connectivity index (χ1v) is 14.0. The Morgan fingerprint density at radius 1 is 0.897 bits per heavy atom. The number of sulfonamides is 2. The van der Waals surface area contributed by atoms with Gasteiger partial charge >= 0.3 is 6.03 Å². The predicted molar refractivity (Wildman–Crippen MR) is 137 cm³/mol. The molecular weight excluding hydrogens is 554 g/mol. The highest BCUT2D eigenvalue weighted by molar-refractivity contribution is 7.90. The van der Waals surface area contributed by atoms with Crippen LogP contribution in [-0.4, -0.2) is 49.8 Å². The van der Waals surface area contributed by atoms with E-state index in [1.54, 1.807) is 6.07 Å². The lowest BCUT2D eigenvalue weighted by molar-refractivity contribution is -0.384. The van der Waals surface area contributed by atoms with Crippen LogP contribution in [0.1, 0.15) is 12.0 Å². The molecule has 0 unspecified atom stereocenters. The number of rotatable bonds is 11. The minimum Gasteiger partial charge on any atom is -0.307 e. The van der Waals surface area contributed by atoms with Gasteiger partial charge in [0.2, 0.25) is 15.9 Å². The average Bonchev–Trinajstić information content (AvgIpc) is 2.91. The quantitative estimate of drug-likeness (QED) is 0.149. The molecule has 0 spiro atoms. The van der Waals surface area contributed by atoms with Crippen molar-refractivity contribution in [3.8, 4) is 0 Å². The van der Waals surface area contributed by atoms with Gasteiger partial charge in [-0.25, -0.2) is 31.8 Å². The molecule has 0 aliphatic rings. The summed E-state index contributed by atoms with van der Waals surface area (Å²) in [5.74, 6) is -0.842. The number of benzene rings is 3. The smallest absolute Gasteiger partial charge is 0.307 e. The Bertz CT molecular complexity index is 1560. The van der Waals surface area contributed by atoms with Gasteiger partial charge in [0.15, 0.2) is 0 Å². The minimum absolute atomic E-state index is 0.0415. The number of hydrogen-bond acceptors (Lipinski definition) is 9. The molecule has 0 aromatic heterocycles. The molecule has 3 aromatic rings. The molecule has 0 saturated carbocycles. The van der Waals surface area contributed by atoms with Crippen LogP contribution < -0.4 is 15.5 Å². The lowest BCUT2D eigenvalue weighted by Crippen LogP contribution is -2.35. The van der Waals surface area contributed by atoms with Gasteiger partial charge in [-0.1, -0.05) is 36.4 Å². The Hall–Kier alpha value is -4.38. The molecule has 0 saturated heterocycles. The largest absolute Gasteiger partial charge is 0.333 e. The molecule has 0 fully saturated rings. The molecule has 3 rings (SSSR count). The number of hydroxylamine groups is 1. The number of nitrogens with one attached hydrogen (secondary N) is 3. The van der Waals surface area contributed by atoms with Crippen LogP contribution in [0.15, 0.2) is 88.7 Å². The number of carbonyl (C=O) groups excluding carboxylic acids is 2. The summed E-state index contributed by atoms with van der Waals surface area (Å²) in [6, 6.07) is 16.1. The van der Waals surface area contributed by atoms with Crippen molar-refractivity contribution in [3.05, 3.63) is 94.5 Å². The second-order valence-electron chi connectivity index (χ2n) is 7.95. The van der Waals surface area contributed by atoms with Gasteiger partial charge in [0, 0.05) is 37.3 Å². The highest BCUT2D eigenvalue weighted by Gasteiger charge is 2.26. The van der Waals surface area contributed by atoms with E-state index >= 15 is 0 Å². The minimum atomic E-state index is -4.32. The molecule has 0 radical (unpaired) electrons. The average molecular weight is 578 g/mol. The van der Waals surface area contributed by atoms with Crippen LogP contribution in [-0.2, 0) is 31.4 Å². The molecule has 14 nitrogen and oxygen atoms in total. The lowest BCUT2D eigenvalue weighted by atomic mass is 10.2. The van der Waals surface area contributed by atoms with E-state index in [4.69, 9.17) is 5.21 Å². The molecule has 3 aromatic carbocycles. The monoisotopic (exact) mass is 577 g/mol. The number of amides is 3. The van der Waals surface area contributed by atoms with E-state index in [1.165, 1.54) is 72.2 Å². The Balaban J connectivity index is 1.82. The fourth-order valence-corrected chi connectivity index (χ4v) is 5.72. The van der Waals surface area contributed by atoms with Crippen LogP contribution >= 0.6 is 0 Å². The van der Waals surface area contributed by atoms with Crippen molar-refractivity contribution in [3.63, 3.8) is 0 Å². The number of hydrogen-bond donors (Lipinski definition) is 4. The van der Waals surface area contributed by atoms with E-state index in [0.29, 0.717) is 5.56 Å². The zero-order chi connectivity index (χ0) is 28.6. The normalized spacial score (nSPS) is 11.5. The number of urea groups is 1. The van der Waals surface area contributed by atoms with Gasteiger partial charge in [0.05, 0.1) is 14.7 Å². The molecule has 206 valence electrons. The van der Waals surface area contributed by atoms with Crippen molar-refractivity contribution in [2.75, 3.05) is 11.9 Å². The van der Waals surface area contributed by atoms with Gasteiger partial charge in [-0.05, 0) is 35.9 Å². The van der Waals surface area contributed by atoms with E-state index in [-0.39, 0.29) is 34.3 Å². The van der Waals surface area contributed by atoms with Crippen molar-refractivity contribution in [1.29, 1.82) is 0 Å². The summed E-state index contributed by atoms with van der Waals surface area (Å²) < 4.78 is 54.4. The van der Waals surface area contributed by atoms with E-state index in [0.717, 1.165) is 10.4 Å². The summed E-state index contributed by atoms with van der Waals surface area (Å²) in [7, 11) is -8.50. The maximum atomic E-state index is 13.5. The SMILES string of the molecule is O=C(CCN(Cc1ccc([N+](=O)[O-])cc1)S(=O)(=O)c1cccc(NC(=O)NS(=O)(=O)c2ccccc2)c1)NO. The molecule has 0 bridgehead atoms. The van der Waals surface area contributed by atoms with Crippen molar-refractivity contribution in [1.82, 2.24) is 14.5 Å². The Labute approximate surface area is 223 Å². The first-order valence-electron chi connectivity index (χ1n) is 11.1. The molecular formula is C23H23N5O9S2. The van der Waals surface area contributed by atoms with E-state index in [1.807, 2.05) is 4.72 Å². The van der Waals surface area contributed by atoms with Crippen LogP contribution in [0.25, 0.3) is 0 Å². The summed E-state index contributed by atoms with van der Waals surface area (Å²) in [5, 5.41) is 22.0. The van der Waals surface area contributed by atoms with Gasteiger partial charge in [0.1, 0.15) is 0 Å². The predicted octanol–water partition coefficient (Wildman–Crippen LogP) is 2.19. The number of anilines is 1. The zero-order valence-corrected chi connectivity index (χ0v) is 21.7. The molecule has 0 aliphatic heterocycles. The number of nitrogens with zero attached hydrogens (tertiary/aromatic N) is 2. The van der Waals surface area contributed by atoms with Crippen molar-refractivity contribution in [2.45, 2.75) is 22.8 Å². The third kappa shape index (κ3) is 7.81. The third-order valence-electron chi connectivity index (χ3n) is 5.23. The molecule has 0 heterocycles. The Morgan fingerprint density at radius 3 is 2.15 bits per heavy atom. The molecule has 39 heavy (non-hydrogen) atoms. The zero-order valence-electron chi connectivity index (χ0n) is 20.1. The maximum Gasteiger partial charge on any atom is 0.333 e. The second kappa shape index (κ2) is 12.4. The summed E-state index contributed by atoms with van der Waals surface area (Å²) in [4.78, 5) is 33.8. The fraction of sp³-hybridized carbons (Fsp3) is 0.130. The van der Waals surface area contributed by atoms with E-state index in [9.17, 15) is 36.5 Å². The van der Waals surface area contributed by atoms with Gasteiger partial charge in [-0.2, -0.15) is 4.31 Å². The number of carbonyl (C=O) groups is 2. The molecule has 3 amide bonds. The van der Waals surface area contributed by atoms with E-state index in [2.05, 4.69) is 5.32 Å². The van der Waals surface area contributed by atoms with Crippen molar-refractivity contribution >= 4 is 43.4 Å². The Morgan fingerprint density at radius 2 is 1.54 bits per heavy atom. The molecule has 0 aliphatic carbocycles. The lowest BCUT2D eigenvalue weighted by Gasteiger charge is -2.22. The van der Waals surface area contributed by atoms with Gasteiger partial charge in [-0.3, -0.25) is 20.1 Å². The maximum absolute atomic E-state index is 13.5. The van der Waals surface area contributed by atoms with Crippen LogP contribution in [0, 0.1) is 10.1 Å². The van der Waals surface area contributed by atoms with Crippen LogP contribution in [0.2, 0.25) is 0 Å².